The quantitative estimate of drug-likeness (QED) is 0.700. The van der Waals surface area contributed by atoms with E-state index in [0.29, 0.717) is 21.1 Å². The van der Waals surface area contributed by atoms with Crippen molar-refractivity contribution in [3.05, 3.63) is 68.4 Å². The van der Waals surface area contributed by atoms with Gasteiger partial charge in [-0.1, -0.05) is 23.7 Å². The van der Waals surface area contributed by atoms with Gasteiger partial charge in [0.2, 0.25) is 0 Å². The first-order valence-electron chi connectivity index (χ1n) is 5.77. The van der Waals surface area contributed by atoms with Crippen molar-refractivity contribution in [1.82, 2.24) is 0 Å². The van der Waals surface area contributed by atoms with E-state index in [9.17, 15) is 17.6 Å². The van der Waals surface area contributed by atoms with Crippen molar-refractivity contribution in [2.24, 2.45) is 5.73 Å². The molecule has 0 bridgehead atoms. The molecule has 0 aliphatic rings. The third-order valence-electron chi connectivity index (χ3n) is 2.96. The van der Waals surface area contributed by atoms with Gasteiger partial charge >= 0.3 is 6.18 Å². The average molecular weight is 383 g/mol. The maximum Gasteiger partial charge on any atom is 0.419 e. The van der Waals surface area contributed by atoms with E-state index in [4.69, 9.17) is 17.3 Å². The van der Waals surface area contributed by atoms with Crippen LogP contribution in [0.15, 0.2) is 40.9 Å². The molecule has 0 spiro atoms. The Labute approximate surface area is 131 Å². The second-order valence-corrected chi connectivity index (χ2v) is 5.65. The second kappa shape index (κ2) is 5.94. The summed E-state index contributed by atoms with van der Waals surface area (Å²) in [6, 6.07) is 6.78. The normalized spacial score (nSPS) is 13.3. The minimum Gasteiger partial charge on any atom is -0.320 e. The highest BCUT2D eigenvalue weighted by Crippen LogP contribution is 2.33. The van der Waals surface area contributed by atoms with Crippen molar-refractivity contribution in [2.75, 3.05) is 0 Å². The lowest BCUT2D eigenvalue weighted by Gasteiger charge is -2.15. The highest BCUT2D eigenvalue weighted by atomic mass is 79.9. The lowest BCUT2D eigenvalue weighted by molar-refractivity contribution is -0.140. The van der Waals surface area contributed by atoms with E-state index in [1.165, 1.54) is 6.07 Å². The molecule has 21 heavy (non-hydrogen) atoms. The summed E-state index contributed by atoms with van der Waals surface area (Å²) in [4.78, 5) is 0. The largest absolute Gasteiger partial charge is 0.419 e. The van der Waals surface area contributed by atoms with Crippen LogP contribution in [-0.2, 0) is 6.18 Å². The van der Waals surface area contributed by atoms with Crippen molar-refractivity contribution >= 4 is 27.5 Å². The summed E-state index contributed by atoms with van der Waals surface area (Å²) in [7, 11) is 0. The molecule has 0 aliphatic carbocycles. The van der Waals surface area contributed by atoms with E-state index < -0.39 is 23.6 Å². The minimum absolute atomic E-state index is 0.245. The van der Waals surface area contributed by atoms with E-state index >= 15 is 0 Å². The van der Waals surface area contributed by atoms with Crippen molar-refractivity contribution < 1.29 is 17.6 Å². The summed E-state index contributed by atoms with van der Waals surface area (Å²) < 4.78 is 51.7. The van der Waals surface area contributed by atoms with Gasteiger partial charge in [0.1, 0.15) is 5.82 Å². The zero-order valence-corrected chi connectivity index (χ0v) is 12.7. The van der Waals surface area contributed by atoms with Gasteiger partial charge in [-0.2, -0.15) is 13.2 Å². The maximum atomic E-state index is 13.6. The van der Waals surface area contributed by atoms with Gasteiger partial charge in [0.15, 0.2) is 0 Å². The Hall–Kier alpha value is -1.11. The SMILES string of the molecule is NC(c1ccc(C(F)(F)F)c(F)c1)c1ccc(Cl)c(Br)c1. The molecule has 0 fully saturated rings. The first-order valence-corrected chi connectivity index (χ1v) is 6.94. The molecule has 0 saturated heterocycles. The Balaban J connectivity index is 2.38. The van der Waals surface area contributed by atoms with Crippen LogP contribution in [0, 0.1) is 5.82 Å². The molecular formula is C14H9BrClF4N. The monoisotopic (exact) mass is 381 g/mol. The second-order valence-electron chi connectivity index (χ2n) is 4.39. The van der Waals surface area contributed by atoms with Gasteiger partial charge in [-0.3, -0.25) is 0 Å². The molecule has 0 amide bonds. The van der Waals surface area contributed by atoms with Crippen LogP contribution in [0.4, 0.5) is 17.6 Å². The van der Waals surface area contributed by atoms with Crippen molar-refractivity contribution in [2.45, 2.75) is 12.2 Å². The number of halogens is 6. The molecule has 2 N–H and O–H groups in total. The highest BCUT2D eigenvalue weighted by Gasteiger charge is 2.34. The first-order chi connectivity index (χ1) is 9.70. The Kier molecular flexibility index (Phi) is 4.60. The number of hydrogen-bond acceptors (Lipinski definition) is 1. The van der Waals surface area contributed by atoms with Crippen LogP contribution in [-0.4, -0.2) is 0 Å². The predicted octanol–water partition coefficient (Wildman–Crippen LogP) is 5.31. The standard InChI is InChI=1S/C14H9BrClF4N/c15-10-5-7(2-4-11(10)16)13(21)8-1-3-9(12(17)6-8)14(18,19)20/h1-6,13H,21H2. The van der Waals surface area contributed by atoms with Crippen molar-refractivity contribution in [1.29, 1.82) is 0 Å². The number of alkyl halides is 3. The predicted molar refractivity (Wildman–Crippen MR) is 76.6 cm³/mol. The summed E-state index contributed by atoms with van der Waals surface area (Å²) in [5, 5.41) is 0.476. The molecule has 112 valence electrons. The zero-order chi connectivity index (χ0) is 15.8. The Morgan fingerprint density at radius 1 is 1.05 bits per heavy atom. The number of rotatable bonds is 2. The first kappa shape index (κ1) is 16.3. The molecule has 0 aromatic heterocycles. The van der Waals surface area contributed by atoms with Gasteiger partial charge in [0.05, 0.1) is 16.6 Å². The van der Waals surface area contributed by atoms with Crippen LogP contribution >= 0.6 is 27.5 Å². The molecule has 2 aromatic rings. The molecule has 1 atom stereocenters. The topological polar surface area (TPSA) is 26.0 Å². The fourth-order valence-electron chi connectivity index (χ4n) is 1.85. The van der Waals surface area contributed by atoms with Crippen LogP contribution in [0.25, 0.3) is 0 Å². The third-order valence-corrected chi connectivity index (χ3v) is 4.17. The average Bonchev–Trinajstić information content (AvgIpc) is 2.39. The van der Waals surface area contributed by atoms with E-state index in [0.717, 1.165) is 6.07 Å². The minimum atomic E-state index is -4.73. The zero-order valence-electron chi connectivity index (χ0n) is 10.4. The molecule has 0 radical (unpaired) electrons. The van der Waals surface area contributed by atoms with Crippen LogP contribution in [0.5, 0.6) is 0 Å². The van der Waals surface area contributed by atoms with Crippen LogP contribution in [0.3, 0.4) is 0 Å². The Morgan fingerprint density at radius 3 is 2.14 bits per heavy atom. The molecule has 7 heteroatoms. The maximum absolute atomic E-state index is 13.6. The van der Waals surface area contributed by atoms with Gasteiger partial charge in [-0.25, -0.2) is 4.39 Å². The number of nitrogens with two attached hydrogens (primary N) is 1. The molecule has 0 saturated carbocycles. The molecule has 0 heterocycles. The van der Waals surface area contributed by atoms with Gasteiger partial charge in [0, 0.05) is 4.47 Å². The lowest BCUT2D eigenvalue weighted by Crippen LogP contribution is -2.14. The van der Waals surface area contributed by atoms with E-state index in [2.05, 4.69) is 15.9 Å². The summed E-state index contributed by atoms with van der Waals surface area (Å²) in [5.74, 6) is -1.34. The summed E-state index contributed by atoms with van der Waals surface area (Å²) >= 11 is 9.08. The number of hydrogen-bond donors (Lipinski definition) is 1. The van der Waals surface area contributed by atoms with Gasteiger partial charge in [-0.15, -0.1) is 0 Å². The third kappa shape index (κ3) is 3.56. The Morgan fingerprint density at radius 2 is 1.62 bits per heavy atom. The molecular weight excluding hydrogens is 374 g/mol. The van der Waals surface area contributed by atoms with Crippen LogP contribution in [0.1, 0.15) is 22.7 Å². The van der Waals surface area contributed by atoms with E-state index in [1.54, 1.807) is 18.2 Å². The van der Waals surface area contributed by atoms with Crippen molar-refractivity contribution in [3.63, 3.8) is 0 Å². The van der Waals surface area contributed by atoms with E-state index in [-0.39, 0.29) is 5.56 Å². The Bertz CT molecular complexity index is 673. The summed E-state index contributed by atoms with van der Waals surface area (Å²) in [6.45, 7) is 0. The fourth-order valence-corrected chi connectivity index (χ4v) is 2.37. The van der Waals surface area contributed by atoms with Gasteiger partial charge < -0.3 is 5.73 Å². The van der Waals surface area contributed by atoms with Gasteiger partial charge in [0.25, 0.3) is 0 Å². The molecule has 1 nitrogen and oxygen atoms in total. The van der Waals surface area contributed by atoms with Crippen LogP contribution < -0.4 is 5.73 Å². The number of benzene rings is 2. The van der Waals surface area contributed by atoms with Gasteiger partial charge in [-0.05, 0) is 51.3 Å². The smallest absolute Gasteiger partial charge is 0.320 e. The molecule has 1 unspecified atom stereocenters. The van der Waals surface area contributed by atoms with Crippen LogP contribution in [0.2, 0.25) is 5.02 Å². The van der Waals surface area contributed by atoms with E-state index in [1.807, 2.05) is 0 Å². The van der Waals surface area contributed by atoms with Crippen molar-refractivity contribution in [3.8, 4) is 0 Å². The highest BCUT2D eigenvalue weighted by molar-refractivity contribution is 9.10. The molecule has 2 aromatic carbocycles. The summed E-state index contributed by atoms with van der Waals surface area (Å²) in [6.07, 6.45) is -4.73. The molecule has 2 rings (SSSR count). The lowest BCUT2D eigenvalue weighted by atomic mass is 9.98. The fraction of sp³-hybridized carbons (Fsp3) is 0.143. The molecule has 0 aliphatic heterocycles. The summed E-state index contributed by atoms with van der Waals surface area (Å²) in [5.41, 5.74) is 5.49.